The van der Waals surface area contributed by atoms with Crippen LogP contribution in [0.2, 0.25) is 0 Å². The maximum Gasteiger partial charge on any atom is 0.272 e. The maximum absolute atomic E-state index is 12.4. The van der Waals surface area contributed by atoms with Crippen molar-refractivity contribution in [2.75, 3.05) is 20.7 Å². The number of ether oxygens (including phenoxy) is 1. The standard InChI is InChI=1S/C16H20N2O3/c1-16(2,20)10-18(3)15(19)13-9-11-7-5-6-8-12(11)14(17-13)21-4/h5-9,20H,10H2,1-4H3. The van der Waals surface area contributed by atoms with Crippen LogP contribution in [0.3, 0.4) is 0 Å². The summed E-state index contributed by atoms with van der Waals surface area (Å²) >= 11 is 0. The first-order valence-electron chi connectivity index (χ1n) is 6.73. The second kappa shape index (κ2) is 5.69. The predicted molar refractivity (Wildman–Crippen MR) is 81.6 cm³/mol. The van der Waals surface area contributed by atoms with Crippen LogP contribution in [0.5, 0.6) is 5.88 Å². The van der Waals surface area contributed by atoms with Crippen molar-refractivity contribution >= 4 is 16.7 Å². The Bertz CT molecular complexity index is 662. The molecule has 21 heavy (non-hydrogen) atoms. The van der Waals surface area contributed by atoms with E-state index >= 15 is 0 Å². The van der Waals surface area contributed by atoms with Crippen LogP contribution < -0.4 is 4.74 Å². The molecule has 1 N–H and O–H groups in total. The van der Waals surface area contributed by atoms with Gasteiger partial charge in [-0.25, -0.2) is 4.98 Å². The fourth-order valence-electron chi connectivity index (χ4n) is 2.28. The lowest BCUT2D eigenvalue weighted by Crippen LogP contribution is -2.40. The minimum absolute atomic E-state index is 0.225. The Morgan fingerprint density at radius 1 is 1.38 bits per heavy atom. The van der Waals surface area contributed by atoms with E-state index in [1.54, 1.807) is 27.0 Å². The third-order valence-corrected chi connectivity index (χ3v) is 3.09. The summed E-state index contributed by atoms with van der Waals surface area (Å²) in [5.41, 5.74) is -0.650. The maximum atomic E-state index is 12.4. The van der Waals surface area contributed by atoms with Gasteiger partial charge < -0.3 is 14.7 Å². The van der Waals surface area contributed by atoms with Gasteiger partial charge in [-0.1, -0.05) is 18.2 Å². The number of fused-ring (bicyclic) bond motifs is 1. The van der Waals surface area contributed by atoms with E-state index in [1.165, 1.54) is 12.0 Å². The van der Waals surface area contributed by atoms with Gasteiger partial charge in [-0.05, 0) is 31.4 Å². The second-order valence-electron chi connectivity index (χ2n) is 5.71. The molecule has 1 aromatic carbocycles. The highest BCUT2D eigenvalue weighted by atomic mass is 16.5. The van der Waals surface area contributed by atoms with Crippen LogP contribution in [-0.4, -0.2) is 47.2 Å². The number of methoxy groups -OCH3 is 1. The number of carbonyl (C=O) groups excluding carboxylic acids is 1. The van der Waals surface area contributed by atoms with Gasteiger partial charge in [0.25, 0.3) is 5.91 Å². The van der Waals surface area contributed by atoms with Crippen LogP contribution in [0.1, 0.15) is 24.3 Å². The largest absolute Gasteiger partial charge is 0.481 e. The van der Waals surface area contributed by atoms with Crippen molar-refractivity contribution in [1.29, 1.82) is 0 Å². The summed E-state index contributed by atoms with van der Waals surface area (Å²) in [6, 6.07) is 9.34. The monoisotopic (exact) mass is 288 g/mol. The minimum atomic E-state index is -0.953. The molecule has 5 nitrogen and oxygen atoms in total. The first-order valence-corrected chi connectivity index (χ1v) is 6.73. The average molecular weight is 288 g/mol. The predicted octanol–water partition coefficient (Wildman–Crippen LogP) is 2.09. The van der Waals surface area contributed by atoms with Gasteiger partial charge in [-0.15, -0.1) is 0 Å². The van der Waals surface area contributed by atoms with Gasteiger partial charge >= 0.3 is 0 Å². The number of pyridine rings is 1. The number of aliphatic hydroxyl groups is 1. The Hall–Kier alpha value is -2.14. The molecule has 1 amide bonds. The Labute approximate surface area is 124 Å². The third-order valence-electron chi connectivity index (χ3n) is 3.09. The molecular formula is C16H20N2O3. The van der Waals surface area contributed by atoms with E-state index in [-0.39, 0.29) is 12.5 Å². The first-order chi connectivity index (χ1) is 9.81. The van der Waals surface area contributed by atoms with E-state index in [0.29, 0.717) is 11.6 Å². The Balaban J connectivity index is 2.40. The lowest BCUT2D eigenvalue weighted by atomic mass is 10.1. The SMILES string of the molecule is COc1nc(C(=O)N(C)CC(C)(C)O)cc2ccccc12. The molecule has 0 saturated carbocycles. The van der Waals surface area contributed by atoms with E-state index in [1.807, 2.05) is 24.3 Å². The Morgan fingerprint density at radius 2 is 2.05 bits per heavy atom. The zero-order valence-corrected chi connectivity index (χ0v) is 12.8. The molecule has 0 aliphatic rings. The number of benzene rings is 1. The quantitative estimate of drug-likeness (QED) is 0.935. The first kappa shape index (κ1) is 15.3. The minimum Gasteiger partial charge on any atom is -0.481 e. The van der Waals surface area contributed by atoms with E-state index in [9.17, 15) is 9.90 Å². The molecule has 1 aromatic heterocycles. The summed E-state index contributed by atoms with van der Waals surface area (Å²) in [5, 5.41) is 11.6. The second-order valence-corrected chi connectivity index (χ2v) is 5.71. The molecule has 0 atom stereocenters. The van der Waals surface area contributed by atoms with E-state index in [0.717, 1.165) is 10.8 Å². The van der Waals surface area contributed by atoms with Crippen LogP contribution in [0.4, 0.5) is 0 Å². The smallest absolute Gasteiger partial charge is 0.272 e. The molecule has 0 unspecified atom stereocenters. The zero-order valence-electron chi connectivity index (χ0n) is 12.8. The fourth-order valence-corrected chi connectivity index (χ4v) is 2.28. The van der Waals surface area contributed by atoms with Gasteiger partial charge in [0.2, 0.25) is 5.88 Å². The molecule has 0 bridgehead atoms. The lowest BCUT2D eigenvalue weighted by molar-refractivity contribution is 0.0364. The summed E-state index contributed by atoms with van der Waals surface area (Å²) in [7, 11) is 3.17. The molecule has 2 aromatic rings. The molecule has 0 aliphatic heterocycles. The molecular weight excluding hydrogens is 268 g/mol. The van der Waals surface area contributed by atoms with E-state index < -0.39 is 5.60 Å². The highest BCUT2D eigenvalue weighted by Crippen LogP contribution is 2.24. The van der Waals surface area contributed by atoms with Crippen LogP contribution >= 0.6 is 0 Å². The fraction of sp³-hybridized carbons (Fsp3) is 0.375. The number of likely N-dealkylation sites (N-methyl/N-ethyl adjacent to an activating group) is 1. The van der Waals surface area contributed by atoms with E-state index in [4.69, 9.17) is 4.74 Å². The van der Waals surface area contributed by atoms with Crippen molar-refractivity contribution in [3.63, 3.8) is 0 Å². The van der Waals surface area contributed by atoms with E-state index in [2.05, 4.69) is 4.98 Å². The number of rotatable bonds is 4. The molecule has 0 radical (unpaired) electrons. The summed E-state index contributed by atoms with van der Waals surface area (Å²) in [6.07, 6.45) is 0. The number of aromatic nitrogens is 1. The van der Waals surface area contributed by atoms with Gasteiger partial charge in [-0.2, -0.15) is 0 Å². The summed E-state index contributed by atoms with van der Waals surface area (Å²) in [5.74, 6) is 0.175. The molecule has 0 saturated heterocycles. The number of nitrogens with zero attached hydrogens (tertiary/aromatic N) is 2. The van der Waals surface area contributed by atoms with Gasteiger partial charge in [0.15, 0.2) is 0 Å². The van der Waals surface area contributed by atoms with Crippen molar-refractivity contribution in [3.8, 4) is 5.88 Å². The van der Waals surface area contributed by atoms with Crippen LogP contribution in [0.15, 0.2) is 30.3 Å². The van der Waals surface area contributed by atoms with Crippen LogP contribution in [0.25, 0.3) is 10.8 Å². The van der Waals surface area contributed by atoms with Gasteiger partial charge in [0.05, 0.1) is 12.7 Å². The lowest BCUT2D eigenvalue weighted by Gasteiger charge is -2.25. The van der Waals surface area contributed by atoms with Gasteiger partial charge in [0.1, 0.15) is 5.69 Å². The molecule has 112 valence electrons. The molecule has 1 heterocycles. The van der Waals surface area contributed by atoms with Crippen LogP contribution in [0, 0.1) is 0 Å². The average Bonchev–Trinajstić information content (AvgIpc) is 2.43. The molecule has 0 aliphatic carbocycles. The Kier molecular flexibility index (Phi) is 4.14. The van der Waals surface area contributed by atoms with Crippen molar-refractivity contribution in [2.45, 2.75) is 19.4 Å². The molecule has 0 spiro atoms. The van der Waals surface area contributed by atoms with Crippen molar-refractivity contribution in [1.82, 2.24) is 9.88 Å². The van der Waals surface area contributed by atoms with Crippen LogP contribution in [-0.2, 0) is 0 Å². The molecule has 5 heteroatoms. The third kappa shape index (κ3) is 3.49. The van der Waals surface area contributed by atoms with Crippen molar-refractivity contribution < 1.29 is 14.6 Å². The van der Waals surface area contributed by atoms with Crippen molar-refractivity contribution in [3.05, 3.63) is 36.0 Å². The molecule has 0 fully saturated rings. The highest BCUT2D eigenvalue weighted by molar-refractivity contribution is 5.98. The van der Waals surface area contributed by atoms with Crippen molar-refractivity contribution in [2.24, 2.45) is 0 Å². The normalized spacial score (nSPS) is 11.5. The topological polar surface area (TPSA) is 62.7 Å². The highest BCUT2D eigenvalue weighted by Gasteiger charge is 2.22. The zero-order chi connectivity index (χ0) is 15.6. The summed E-state index contributed by atoms with van der Waals surface area (Å²) in [4.78, 5) is 18.2. The summed E-state index contributed by atoms with van der Waals surface area (Å²) < 4.78 is 5.27. The number of hydrogen-bond acceptors (Lipinski definition) is 4. The number of carbonyl (C=O) groups is 1. The Morgan fingerprint density at radius 3 is 2.67 bits per heavy atom. The van der Waals surface area contributed by atoms with Gasteiger partial charge in [-0.3, -0.25) is 4.79 Å². The molecule has 2 rings (SSSR count). The number of hydrogen-bond donors (Lipinski definition) is 1. The van der Waals surface area contributed by atoms with Gasteiger partial charge in [0, 0.05) is 19.0 Å². The number of amides is 1. The summed E-state index contributed by atoms with van der Waals surface area (Å²) in [6.45, 7) is 3.54.